The largest absolute Gasteiger partial charge is 0.404 e. The second-order valence-electron chi connectivity index (χ2n) is 11.4. The molecular formula is C42H36N4. The van der Waals surface area contributed by atoms with Gasteiger partial charge >= 0.3 is 0 Å². The van der Waals surface area contributed by atoms with Crippen LogP contribution in [0.2, 0.25) is 0 Å². The summed E-state index contributed by atoms with van der Waals surface area (Å²) < 4.78 is 0. The highest BCUT2D eigenvalue weighted by molar-refractivity contribution is 6.04. The van der Waals surface area contributed by atoms with E-state index in [1.807, 2.05) is 43.3 Å². The number of benzene rings is 6. The molecule has 0 spiro atoms. The molecule has 0 aromatic heterocycles. The van der Waals surface area contributed by atoms with Crippen LogP contribution in [0.25, 0.3) is 38.6 Å². The van der Waals surface area contributed by atoms with Gasteiger partial charge in [0, 0.05) is 11.8 Å². The third kappa shape index (κ3) is 5.86. The van der Waals surface area contributed by atoms with Gasteiger partial charge in [-0.1, -0.05) is 158 Å². The maximum Gasteiger partial charge on any atom is 0.131 e. The van der Waals surface area contributed by atoms with Crippen LogP contribution in [0, 0.1) is 0 Å². The van der Waals surface area contributed by atoms with E-state index in [2.05, 4.69) is 132 Å². The Morgan fingerprint density at radius 3 is 2.04 bits per heavy atom. The Kier molecular flexibility index (Phi) is 8.27. The van der Waals surface area contributed by atoms with Crippen molar-refractivity contribution in [3.63, 3.8) is 0 Å². The number of nitrogens with one attached hydrogen (secondary N) is 2. The number of rotatable bonds is 7. The molecule has 224 valence electrons. The Morgan fingerprint density at radius 1 is 0.652 bits per heavy atom. The van der Waals surface area contributed by atoms with Gasteiger partial charge in [-0.2, -0.15) is 0 Å². The van der Waals surface area contributed by atoms with Crippen LogP contribution >= 0.6 is 0 Å². The first kappa shape index (κ1) is 29.0. The summed E-state index contributed by atoms with van der Waals surface area (Å²) in [5, 5.41) is 9.78. The Hall–Kier alpha value is -5.71. The number of fused-ring (bicyclic) bond motifs is 1. The molecular weight excluding hydrogens is 560 g/mol. The topological polar surface area (TPSA) is 62.4 Å². The fourth-order valence-electron chi connectivity index (χ4n) is 6.21. The highest BCUT2D eigenvalue weighted by atomic mass is 15.3. The summed E-state index contributed by atoms with van der Waals surface area (Å²) in [6.07, 6.45) is 5.41. The number of hydrogen-bond acceptors (Lipinski definition) is 4. The van der Waals surface area contributed by atoms with Crippen LogP contribution in [-0.2, 0) is 0 Å². The van der Waals surface area contributed by atoms with Crippen molar-refractivity contribution in [1.29, 1.82) is 0 Å². The van der Waals surface area contributed by atoms with Crippen LogP contribution in [0.3, 0.4) is 0 Å². The van der Waals surface area contributed by atoms with Crippen LogP contribution in [0.15, 0.2) is 169 Å². The Labute approximate surface area is 270 Å². The maximum atomic E-state index is 5.91. The standard InChI is InChI=1S/C42H36N4/c1-2-11-36(28-43)29-18-20-31(21-19-29)38-27-26-30-12-9-10-17-37(30)39(38)32-22-24-35(25-23-32)42-45-40(33-13-5-3-6-14-33)44-41(46-42)34-15-7-4-8-16-34/h2-28,40,42,45H,43H2,1H3,(H,44,46)/b11-2-,36-28+. The molecule has 0 bridgehead atoms. The van der Waals surface area contributed by atoms with E-state index < -0.39 is 0 Å². The molecule has 1 aliphatic rings. The lowest BCUT2D eigenvalue weighted by Crippen LogP contribution is -2.44. The van der Waals surface area contributed by atoms with Gasteiger partial charge in [-0.25, -0.2) is 4.99 Å². The van der Waals surface area contributed by atoms with E-state index in [9.17, 15) is 0 Å². The number of nitrogens with two attached hydrogens (primary N) is 1. The molecule has 1 aliphatic heterocycles. The van der Waals surface area contributed by atoms with Crippen molar-refractivity contribution in [2.75, 3.05) is 0 Å². The van der Waals surface area contributed by atoms with E-state index in [0.29, 0.717) is 0 Å². The first-order valence-corrected chi connectivity index (χ1v) is 15.7. The summed E-state index contributed by atoms with van der Waals surface area (Å²) in [6.45, 7) is 2.00. The van der Waals surface area contributed by atoms with Crippen molar-refractivity contribution in [3.05, 3.63) is 186 Å². The van der Waals surface area contributed by atoms with Gasteiger partial charge in [0.15, 0.2) is 0 Å². The molecule has 0 saturated heterocycles. The predicted molar refractivity (Wildman–Crippen MR) is 193 cm³/mol. The minimum atomic E-state index is -0.211. The van der Waals surface area contributed by atoms with Gasteiger partial charge in [-0.3, -0.25) is 5.32 Å². The van der Waals surface area contributed by atoms with Gasteiger partial charge < -0.3 is 11.1 Å². The zero-order valence-corrected chi connectivity index (χ0v) is 25.8. The summed E-state index contributed by atoms with van der Waals surface area (Å²) >= 11 is 0. The Balaban J connectivity index is 1.28. The van der Waals surface area contributed by atoms with Gasteiger partial charge in [-0.15, -0.1) is 0 Å². The SMILES string of the molecule is C/C=C\C(=C/N)c1ccc(-c2ccc3ccccc3c2-c2ccc(C3N=C(c4ccccc4)NC(c4ccccc4)N3)cc2)cc1. The van der Waals surface area contributed by atoms with Crippen molar-refractivity contribution < 1.29 is 0 Å². The summed E-state index contributed by atoms with van der Waals surface area (Å²) in [7, 11) is 0. The molecule has 2 unspecified atom stereocenters. The molecule has 4 heteroatoms. The lowest BCUT2D eigenvalue weighted by molar-refractivity contribution is 0.409. The second-order valence-corrected chi connectivity index (χ2v) is 11.4. The number of amidine groups is 1. The van der Waals surface area contributed by atoms with E-state index in [-0.39, 0.29) is 12.3 Å². The number of hydrogen-bond donors (Lipinski definition) is 3. The minimum Gasteiger partial charge on any atom is -0.404 e. The van der Waals surface area contributed by atoms with E-state index in [1.165, 1.54) is 27.5 Å². The first-order valence-electron chi connectivity index (χ1n) is 15.7. The third-order valence-electron chi connectivity index (χ3n) is 8.54. The monoisotopic (exact) mass is 596 g/mol. The molecule has 0 saturated carbocycles. The van der Waals surface area contributed by atoms with Crippen molar-refractivity contribution in [2.24, 2.45) is 10.7 Å². The Morgan fingerprint density at radius 2 is 1.33 bits per heavy atom. The Bertz CT molecular complexity index is 2040. The molecule has 6 aromatic rings. The maximum absolute atomic E-state index is 5.91. The molecule has 1 heterocycles. The van der Waals surface area contributed by atoms with Gasteiger partial charge in [0.25, 0.3) is 0 Å². The average Bonchev–Trinajstić information content (AvgIpc) is 3.14. The fraction of sp³-hybridized carbons (Fsp3) is 0.0714. The number of allylic oxidation sites excluding steroid dienone is 3. The smallest absolute Gasteiger partial charge is 0.131 e. The number of nitrogens with zero attached hydrogens (tertiary/aromatic N) is 1. The predicted octanol–water partition coefficient (Wildman–Crippen LogP) is 9.39. The summed E-state index contributed by atoms with van der Waals surface area (Å²) in [5.41, 5.74) is 16.1. The van der Waals surface area contributed by atoms with Gasteiger partial charge in [0.2, 0.25) is 0 Å². The second kappa shape index (κ2) is 13.1. The molecule has 4 nitrogen and oxygen atoms in total. The highest BCUT2D eigenvalue weighted by Gasteiger charge is 2.25. The molecule has 0 aliphatic carbocycles. The molecule has 0 amide bonds. The van der Waals surface area contributed by atoms with Crippen LogP contribution in [0.4, 0.5) is 0 Å². The third-order valence-corrected chi connectivity index (χ3v) is 8.54. The summed E-state index contributed by atoms with van der Waals surface area (Å²) in [5.74, 6) is 0.879. The quantitative estimate of drug-likeness (QED) is 0.161. The fourth-order valence-corrected chi connectivity index (χ4v) is 6.21. The minimum absolute atomic E-state index is 0.0753. The molecule has 7 rings (SSSR count). The van der Waals surface area contributed by atoms with Gasteiger partial charge in [-0.05, 0) is 62.2 Å². The average molecular weight is 597 g/mol. The van der Waals surface area contributed by atoms with Gasteiger partial charge in [0.1, 0.15) is 18.2 Å². The van der Waals surface area contributed by atoms with Crippen molar-refractivity contribution in [1.82, 2.24) is 10.6 Å². The van der Waals surface area contributed by atoms with Gasteiger partial charge in [0.05, 0.1) is 0 Å². The van der Waals surface area contributed by atoms with Crippen molar-refractivity contribution in [3.8, 4) is 22.3 Å². The highest BCUT2D eigenvalue weighted by Crippen LogP contribution is 2.39. The lowest BCUT2D eigenvalue weighted by Gasteiger charge is -2.32. The molecule has 6 aromatic carbocycles. The summed E-state index contributed by atoms with van der Waals surface area (Å²) in [4.78, 5) is 5.13. The van der Waals surface area contributed by atoms with Crippen LogP contribution in [0.1, 0.15) is 41.5 Å². The lowest BCUT2D eigenvalue weighted by atomic mass is 9.89. The molecule has 2 atom stereocenters. The zero-order chi connectivity index (χ0) is 31.3. The van der Waals surface area contributed by atoms with E-state index in [0.717, 1.165) is 39.2 Å². The normalized spacial score (nSPS) is 16.7. The first-order chi connectivity index (χ1) is 22.7. The van der Waals surface area contributed by atoms with E-state index in [4.69, 9.17) is 10.7 Å². The molecule has 4 N–H and O–H groups in total. The number of aliphatic imine (C=N–C) groups is 1. The molecule has 0 radical (unpaired) electrons. The van der Waals surface area contributed by atoms with Crippen molar-refractivity contribution >= 4 is 22.2 Å². The van der Waals surface area contributed by atoms with Crippen LogP contribution < -0.4 is 16.4 Å². The van der Waals surface area contributed by atoms with Crippen molar-refractivity contribution in [2.45, 2.75) is 19.3 Å². The zero-order valence-electron chi connectivity index (χ0n) is 25.8. The van der Waals surface area contributed by atoms with Crippen LogP contribution in [0.5, 0.6) is 0 Å². The van der Waals surface area contributed by atoms with Crippen LogP contribution in [-0.4, -0.2) is 5.84 Å². The summed E-state index contributed by atoms with van der Waals surface area (Å²) in [6, 6.07) is 51.4. The van der Waals surface area contributed by atoms with E-state index >= 15 is 0 Å². The molecule has 0 fully saturated rings. The van der Waals surface area contributed by atoms with E-state index in [1.54, 1.807) is 6.20 Å². The molecule has 46 heavy (non-hydrogen) atoms.